The monoisotopic (exact) mass is 429 g/mol. The smallest absolute Gasteiger partial charge is 0.295 e. The molecule has 1 aromatic heterocycles. The van der Waals surface area contributed by atoms with Gasteiger partial charge in [-0.2, -0.15) is 0 Å². The van der Waals surface area contributed by atoms with Crippen molar-refractivity contribution in [3.63, 3.8) is 0 Å². The molecular formula is C25H27N5O2. The van der Waals surface area contributed by atoms with Gasteiger partial charge in [0.2, 0.25) is 5.82 Å². The van der Waals surface area contributed by atoms with Crippen LogP contribution in [0.4, 0.5) is 5.69 Å². The Hall–Kier alpha value is -3.48. The molecule has 32 heavy (non-hydrogen) atoms. The molecule has 0 unspecified atom stereocenters. The lowest BCUT2D eigenvalue weighted by Crippen LogP contribution is -2.36. The van der Waals surface area contributed by atoms with Crippen molar-refractivity contribution in [2.75, 3.05) is 5.32 Å². The Kier molecular flexibility index (Phi) is 5.71. The third kappa shape index (κ3) is 4.56. The van der Waals surface area contributed by atoms with Crippen molar-refractivity contribution in [2.24, 2.45) is 0 Å². The number of anilines is 1. The van der Waals surface area contributed by atoms with Crippen molar-refractivity contribution in [2.45, 2.75) is 56.9 Å². The Morgan fingerprint density at radius 1 is 0.844 bits per heavy atom. The first-order valence-electron chi connectivity index (χ1n) is 11.4. The van der Waals surface area contributed by atoms with E-state index in [0.717, 1.165) is 37.2 Å². The van der Waals surface area contributed by atoms with Crippen molar-refractivity contribution in [1.29, 1.82) is 0 Å². The Balaban J connectivity index is 1.26. The van der Waals surface area contributed by atoms with Crippen molar-refractivity contribution >= 4 is 17.5 Å². The molecule has 2 amide bonds. The van der Waals surface area contributed by atoms with Gasteiger partial charge in [-0.3, -0.25) is 9.59 Å². The lowest BCUT2D eigenvalue weighted by Gasteiger charge is -2.22. The largest absolute Gasteiger partial charge is 0.349 e. The summed E-state index contributed by atoms with van der Waals surface area (Å²) in [5.41, 5.74) is 2.10. The van der Waals surface area contributed by atoms with Crippen LogP contribution >= 0.6 is 0 Å². The summed E-state index contributed by atoms with van der Waals surface area (Å²) in [5, 5.41) is 10.4. The highest BCUT2D eigenvalue weighted by Crippen LogP contribution is 2.39. The number of benzene rings is 2. The van der Waals surface area contributed by atoms with Crippen molar-refractivity contribution in [3.05, 3.63) is 71.8 Å². The molecule has 0 atom stereocenters. The lowest BCUT2D eigenvalue weighted by molar-refractivity contribution is 0.0927. The van der Waals surface area contributed by atoms with E-state index in [1.807, 2.05) is 30.3 Å². The molecule has 1 heterocycles. The Morgan fingerprint density at radius 3 is 2.25 bits per heavy atom. The summed E-state index contributed by atoms with van der Waals surface area (Å²) in [6, 6.07) is 17.0. The number of rotatable bonds is 6. The van der Waals surface area contributed by atoms with Crippen LogP contribution in [0, 0.1) is 0 Å². The minimum Gasteiger partial charge on any atom is -0.349 e. The van der Waals surface area contributed by atoms with Gasteiger partial charge in [0.05, 0.1) is 5.69 Å². The molecule has 2 N–H and O–H groups in total. The second kappa shape index (κ2) is 8.94. The molecule has 0 radical (unpaired) electrons. The summed E-state index contributed by atoms with van der Waals surface area (Å²) in [5.74, 6) is 0.908. The number of nitrogens with zero attached hydrogens (tertiary/aromatic N) is 3. The fourth-order valence-corrected chi connectivity index (χ4v) is 4.19. The average molecular weight is 430 g/mol. The van der Waals surface area contributed by atoms with Gasteiger partial charge in [0.1, 0.15) is 5.82 Å². The summed E-state index contributed by atoms with van der Waals surface area (Å²) in [6.07, 6.45) is 7.82. The van der Waals surface area contributed by atoms with Gasteiger partial charge >= 0.3 is 0 Å². The number of para-hydroxylation sites is 1. The zero-order valence-electron chi connectivity index (χ0n) is 18.0. The molecule has 2 aliphatic carbocycles. The third-order valence-electron chi connectivity index (χ3n) is 6.12. The van der Waals surface area contributed by atoms with Crippen LogP contribution in [0.2, 0.25) is 0 Å². The molecule has 3 aromatic rings. The van der Waals surface area contributed by atoms with Crippen LogP contribution in [0.3, 0.4) is 0 Å². The molecule has 2 fully saturated rings. The molecule has 0 aliphatic heterocycles. The molecule has 7 nitrogen and oxygen atoms in total. The number of aromatic nitrogens is 3. The zero-order valence-corrected chi connectivity index (χ0v) is 18.0. The minimum atomic E-state index is -0.360. The molecule has 2 aliphatic rings. The van der Waals surface area contributed by atoms with Crippen LogP contribution in [0.25, 0.3) is 5.69 Å². The Morgan fingerprint density at radius 2 is 1.56 bits per heavy atom. The van der Waals surface area contributed by atoms with E-state index in [-0.39, 0.29) is 23.7 Å². The number of nitrogens with one attached hydrogen (secondary N) is 2. The van der Waals surface area contributed by atoms with Gasteiger partial charge in [0.25, 0.3) is 11.8 Å². The first-order valence-corrected chi connectivity index (χ1v) is 11.4. The first kappa shape index (κ1) is 20.4. The van der Waals surface area contributed by atoms with Crippen LogP contribution < -0.4 is 10.6 Å². The molecule has 164 valence electrons. The second-order valence-corrected chi connectivity index (χ2v) is 8.66. The van der Waals surface area contributed by atoms with Crippen LogP contribution in [-0.2, 0) is 0 Å². The Labute approximate surface area is 187 Å². The van der Waals surface area contributed by atoms with Gasteiger partial charge < -0.3 is 10.6 Å². The zero-order chi connectivity index (χ0) is 21.9. The highest BCUT2D eigenvalue weighted by atomic mass is 16.2. The number of carbonyl (C=O) groups is 2. The van der Waals surface area contributed by atoms with Gasteiger partial charge in [-0.15, -0.1) is 5.10 Å². The Bertz CT molecular complexity index is 1100. The molecule has 0 bridgehead atoms. The molecule has 5 rings (SSSR count). The van der Waals surface area contributed by atoms with Crippen LogP contribution in [-0.4, -0.2) is 32.6 Å². The number of hydrogen-bond donors (Lipinski definition) is 2. The summed E-state index contributed by atoms with van der Waals surface area (Å²) in [6.45, 7) is 0. The van der Waals surface area contributed by atoms with Crippen molar-refractivity contribution in [3.8, 4) is 5.69 Å². The van der Waals surface area contributed by atoms with E-state index in [9.17, 15) is 9.59 Å². The third-order valence-corrected chi connectivity index (χ3v) is 6.12. The fraction of sp³-hybridized carbons (Fsp3) is 0.360. The average Bonchev–Trinajstić information content (AvgIpc) is 3.58. The predicted octanol–water partition coefficient (Wildman–Crippen LogP) is 4.46. The fourth-order valence-electron chi connectivity index (χ4n) is 4.19. The summed E-state index contributed by atoms with van der Waals surface area (Å²) >= 11 is 0. The van der Waals surface area contributed by atoms with Gasteiger partial charge in [-0.1, -0.05) is 37.5 Å². The van der Waals surface area contributed by atoms with Crippen LogP contribution in [0.1, 0.15) is 77.7 Å². The molecule has 7 heteroatoms. The molecule has 0 spiro atoms. The SMILES string of the molecule is O=C(NC1CCCCC1)c1ccc(NC(=O)c2nc(C3CC3)n(-c3ccccc3)n2)cc1. The van der Waals surface area contributed by atoms with E-state index in [0.29, 0.717) is 17.2 Å². The van der Waals surface area contributed by atoms with E-state index in [4.69, 9.17) is 0 Å². The lowest BCUT2D eigenvalue weighted by atomic mass is 9.95. The van der Waals surface area contributed by atoms with E-state index in [1.54, 1.807) is 28.9 Å². The maximum atomic E-state index is 12.8. The standard InChI is InChI=1S/C25H27N5O2/c31-24(26-19-7-3-1-4-8-19)18-13-15-20(16-14-18)27-25(32)22-28-23(17-11-12-17)30(29-22)21-9-5-2-6-10-21/h2,5-6,9-10,13-17,19H,1,3-4,7-8,11-12H2,(H,26,31)(H,27,32). The van der Waals surface area contributed by atoms with E-state index in [1.165, 1.54) is 19.3 Å². The number of hydrogen-bond acceptors (Lipinski definition) is 4. The first-order chi connectivity index (χ1) is 15.7. The summed E-state index contributed by atoms with van der Waals surface area (Å²) in [4.78, 5) is 29.8. The number of carbonyl (C=O) groups excluding carboxylic acids is 2. The quantitative estimate of drug-likeness (QED) is 0.605. The second-order valence-electron chi connectivity index (χ2n) is 8.66. The van der Waals surface area contributed by atoms with Crippen LogP contribution in [0.5, 0.6) is 0 Å². The van der Waals surface area contributed by atoms with E-state index >= 15 is 0 Å². The minimum absolute atomic E-state index is 0.0628. The van der Waals surface area contributed by atoms with Gasteiger partial charge in [0.15, 0.2) is 0 Å². The molecule has 0 saturated heterocycles. The summed E-state index contributed by atoms with van der Waals surface area (Å²) < 4.78 is 1.77. The highest BCUT2D eigenvalue weighted by Gasteiger charge is 2.31. The maximum Gasteiger partial charge on any atom is 0.295 e. The van der Waals surface area contributed by atoms with Crippen LogP contribution in [0.15, 0.2) is 54.6 Å². The topological polar surface area (TPSA) is 88.9 Å². The number of amides is 2. The van der Waals surface area contributed by atoms with Crippen molar-refractivity contribution < 1.29 is 9.59 Å². The van der Waals surface area contributed by atoms with Gasteiger partial charge in [-0.25, -0.2) is 9.67 Å². The normalized spacial score (nSPS) is 16.5. The van der Waals surface area contributed by atoms with E-state index in [2.05, 4.69) is 20.7 Å². The van der Waals surface area contributed by atoms with Gasteiger partial charge in [0, 0.05) is 23.2 Å². The van der Waals surface area contributed by atoms with Crippen molar-refractivity contribution in [1.82, 2.24) is 20.1 Å². The maximum absolute atomic E-state index is 12.8. The molecule has 2 aromatic carbocycles. The highest BCUT2D eigenvalue weighted by molar-refractivity contribution is 6.02. The molecule has 2 saturated carbocycles. The van der Waals surface area contributed by atoms with E-state index < -0.39 is 0 Å². The predicted molar refractivity (Wildman–Crippen MR) is 122 cm³/mol. The summed E-state index contributed by atoms with van der Waals surface area (Å²) in [7, 11) is 0. The van der Waals surface area contributed by atoms with Gasteiger partial charge in [-0.05, 0) is 62.1 Å². The molecular weight excluding hydrogens is 402 g/mol.